The molecular formula is C20H19N3O4S. The zero-order chi connectivity index (χ0) is 20.1. The zero-order valence-corrected chi connectivity index (χ0v) is 16.2. The van der Waals surface area contributed by atoms with Crippen molar-refractivity contribution in [3.05, 3.63) is 83.8 Å². The molecule has 0 bridgehead atoms. The van der Waals surface area contributed by atoms with E-state index in [2.05, 4.69) is 15.2 Å². The van der Waals surface area contributed by atoms with Crippen LogP contribution in [-0.4, -0.2) is 20.0 Å². The molecule has 0 spiro atoms. The average Bonchev–Trinajstić information content (AvgIpc) is 3.14. The molecule has 2 aromatic carbocycles. The number of amides is 1. The lowest BCUT2D eigenvalue weighted by atomic mass is 10.1. The van der Waals surface area contributed by atoms with E-state index in [4.69, 9.17) is 4.42 Å². The monoisotopic (exact) mass is 397 g/mol. The Labute approximate surface area is 163 Å². The number of nitrogens with one attached hydrogen (secondary N) is 2. The maximum Gasteiger partial charge on any atom is 0.291 e. The molecule has 8 heteroatoms. The molecule has 0 aliphatic carbocycles. The number of aryl methyl sites for hydroxylation is 1. The summed E-state index contributed by atoms with van der Waals surface area (Å²) in [5.74, 6) is 0.543. The van der Waals surface area contributed by atoms with Gasteiger partial charge in [-0.3, -0.25) is 4.79 Å². The minimum atomic E-state index is -3.72. The molecule has 7 nitrogen and oxygen atoms in total. The second-order valence-electron chi connectivity index (χ2n) is 6.05. The first-order valence-electron chi connectivity index (χ1n) is 8.44. The van der Waals surface area contributed by atoms with Gasteiger partial charge in [-0.2, -0.15) is 18.4 Å². The van der Waals surface area contributed by atoms with E-state index in [0.717, 1.165) is 0 Å². The van der Waals surface area contributed by atoms with Gasteiger partial charge < -0.3 is 9.73 Å². The minimum absolute atomic E-state index is 0.137. The van der Waals surface area contributed by atoms with Crippen molar-refractivity contribution in [3.63, 3.8) is 0 Å². The van der Waals surface area contributed by atoms with E-state index in [0.29, 0.717) is 22.7 Å². The fourth-order valence-corrected chi connectivity index (χ4v) is 3.27. The van der Waals surface area contributed by atoms with Gasteiger partial charge in [0.2, 0.25) is 0 Å². The first-order valence-corrected chi connectivity index (χ1v) is 9.93. The summed E-state index contributed by atoms with van der Waals surface area (Å²) in [5, 5.41) is 6.69. The Balaban J connectivity index is 1.67. The summed E-state index contributed by atoms with van der Waals surface area (Å²) in [4.78, 5) is 14.4. The van der Waals surface area contributed by atoms with Gasteiger partial charge in [-0.1, -0.05) is 30.3 Å². The molecule has 0 aliphatic rings. The molecule has 1 aromatic heterocycles. The van der Waals surface area contributed by atoms with E-state index in [9.17, 15) is 13.2 Å². The number of rotatable bonds is 6. The normalized spacial score (nSPS) is 11.9. The molecule has 3 rings (SSSR count). The van der Waals surface area contributed by atoms with Gasteiger partial charge in [0.25, 0.3) is 15.9 Å². The van der Waals surface area contributed by atoms with E-state index in [1.807, 2.05) is 0 Å². The van der Waals surface area contributed by atoms with E-state index in [1.54, 1.807) is 68.4 Å². The highest BCUT2D eigenvalue weighted by molar-refractivity contribution is 7.89. The predicted molar refractivity (Wildman–Crippen MR) is 107 cm³/mol. The number of furan rings is 1. The quantitative estimate of drug-likeness (QED) is 0.491. The van der Waals surface area contributed by atoms with Crippen LogP contribution in [-0.2, 0) is 10.0 Å². The fraction of sp³-hybridized carbons (Fsp3) is 0.100. The molecule has 0 unspecified atom stereocenters. The molecule has 0 atom stereocenters. The number of hydrogen-bond acceptors (Lipinski definition) is 5. The van der Waals surface area contributed by atoms with Crippen LogP contribution in [0.15, 0.2) is 81.1 Å². The van der Waals surface area contributed by atoms with Crippen molar-refractivity contribution >= 4 is 27.3 Å². The van der Waals surface area contributed by atoms with Crippen LogP contribution in [0.4, 0.5) is 5.69 Å². The summed E-state index contributed by atoms with van der Waals surface area (Å²) in [5.41, 5.74) is 1.78. The van der Waals surface area contributed by atoms with E-state index < -0.39 is 10.0 Å². The number of benzene rings is 2. The number of sulfonamides is 1. The van der Waals surface area contributed by atoms with E-state index in [-0.39, 0.29) is 16.6 Å². The minimum Gasteiger partial charge on any atom is -0.456 e. The second kappa shape index (κ2) is 8.10. The summed E-state index contributed by atoms with van der Waals surface area (Å²) in [7, 11) is -3.72. The molecule has 3 aromatic rings. The average molecular weight is 397 g/mol. The van der Waals surface area contributed by atoms with Gasteiger partial charge in [-0.05, 0) is 55.8 Å². The van der Waals surface area contributed by atoms with Crippen LogP contribution in [0.1, 0.15) is 28.8 Å². The van der Waals surface area contributed by atoms with Gasteiger partial charge in [-0.25, -0.2) is 0 Å². The van der Waals surface area contributed by atoms with Crippen LogP contribution in [0.25, 0.3) is 0 Å². The molecule has 2 N–H and O–H groups in total. The number of hydrogen-bond donors (Lipinski definition) is 2. The SMILES string of the molecule is C/C(=N\NS(=O)(=O)c1ccccc1)c1ccc(NC(=O)c2ccc(C)o2)cc1. The smallest absolute Gasteiger partial charge is 0.291 e. The van der Waals surface area contributed by atoms with Crippen molar-refractivity contribution in [3.8, 4) is 0 Å². The molecular weight excluding hydrogens is 378 g/mol. The Bertz CT molecular complexity index is 1100. The van der Waals surface area contributed by atoms with Crippen LogP contribution >= 0.6 is 0 Å². The molecule has 0 aliphatic heterocycles. The molecule has 0 saturated heterocycles. The maximum absolute atomic E-state index is 12.2. The summed E-state index contributed by atoms with van der Waals surface area (Å²) >= 11 is 0. The molecule has 0 fully saturated rings. The van der Waals surface area contributed by atoms with Crippen LogP contribution in [0.3, 0.4) is 0 Å². The molecule has 1 amide bonds. The topological polar surface area (TPSA) is 101 Å². The Morgan fingerprint density at radius 1 is 0.964 bits per heavy atom. The lowest BCUT2D eigenvalue weighted by molar-refractivity contribution is 0.0995. The van der Waals surface area contributed by atoms with Crippen LogP contribution in [0, 0.1) is 6.92 Å². The van der Waals surface area contributed by atoms with Gasteiger partial charge in [0, 0.05) is 5.69 Å². The molecule has 1 heterocycles. The first kappa shape index (κ1) is 19.4. The van der Waals surface area contributed by atoms with E-state index >= 15 is 0 Å². The largest absolute Gasteiger partial charge is 0.456 e. The number of hydrazone groups is 1. The predicted octanol–water partition coefficient (Wildman–Crippen LogP) is 3.54. The highest BCUT2D eigenvalue weighted by Crippen LogP contribution is 2.14. The van der Waals surface area contributed by atoms with Crippen molar-refractivity contribution in [2.24, 2.45) is 5.10 Å². The summed E-state index contributed by atoms with van der Waals surface area (Å²) < 4.78 is 29.7. The lowest BCUT2D eigenvalue weighted by Crippen LogP contribution is -2.19. The van der Waals surface area contributed by atoms with E-state index in [1.165, 1.54) is 12.1 Å². The maximum atomic E-state index is 12.2. The van der Waals surface area contributed by atoms with Crippen molar-refractivity contribution < 1.29 is 17.6 Å². The highest BCUT2D eigenvalue weighted by atomic mass is 32.2. The van der Waals surface area contributed by atoms with Crippen LogP contribution < -0.4 is 10.1 Å². The lowest BCUT2D eigenvalue weighted by Gasteiger charge is -2.07. The van der Waals surface area contributed by atoms with Gasteiger partial charge in [0.05, 0.1) is 10.6 Å². The molecule has 0 saturated carbocycles. The number of anilines is 1. The number of carbonyl (C=O) groups is 1. The van der Waals surface area contributed by atoms with Crippen LogP contribution in [0.2, 0.25) is 0 Å². The van der Waals surface area contributed by atoms with Crippen molar-refractivity contribution in [1.82, 2.24) is 4.83 Å². The summed E-state index contributed by atoms with van der Waals surface area (Å²) in [6.07, 6.45) is 0. The Morgan fingerprint density at radius 3 is 2.25 bits per heavy atom. The third-order valence-electron chi connectivity index (χ3n) is 3.91. The molecule has 28 heavy (non-hydrogen) atoms. The van der Waals surface area contributed by atoms with Gasteiger partial charge in [0.1, 0.15) is 5.76 Å². The fourth-order valence-electron chi connectivity index (χ4n) is 2.39. The zero-order valence-electron chi connectivity index (χ0n) is 15.3. The standard InChI is InChI=1S/C20H19N3O4S/c1-14-8-13-19(27-14)20(24)21-17-11-9-16(10-12-17)15(2)22-23-28(25,26)18-6-4-3-5-7-18/h3-13,23H,1-2H3,(H,21,24)/b22-15+. The van der Waals surface area contributed by atoms with Gasteiger partial charge in [-0.15, -0.1) is 0 Å². The van der Waals surface area contributed by atoms with Crippen molar-refractivity contribution in [2.45, 2.75) is 18.7 Å². The first-order chi connectivity index (χ1) is 13.3. The Morgan fingerprint density at radius 2 is 1.64 bits per heavy atom. The highest BCUT2D eigenvalue weighted by Gasteiger charge is 2.13. The number of nitrogens with zero attached hydrogens (tertiary/aromatic N) is 1. The van der Waals surface area contributed by atoms with Crippen molar-refractivity contribution in [1.29, 1.82) is 0 Å². The third-order valence-corrected chi connectivity index (χ3v) is 5.14. The van der Waals surface area contributed by atoms with Crippen molar-refractivity contribution in [2.75, 3.05) is 5.32 Å². The van der Waals surface area contributed by atoms with Crippen LogP contribution in [0.5, 0.6) is 0 Å². The number of carbonyl (C=O) groups excluding carboxylic acids is 1. The van der Waals surface area contributed by atoms with Gasteiger partial charge >= 0.3 is 0 Å². The Kier molecular flexibility index (Phi) is 5.60. The second-order valence-corrected chi connectivity index (χ2v) is 7.71. The third kappa shape index (κ3) is 4.66. The Hall–Kier alpha value is -3.39. The summed E-state index contributed by atoms with van der Waals surface area (Å²) in [6.45, 7) is 3.45. The summed E-state index contributed by atoms with van der Waals surface area (Å²) in [6, 6.07) is 18.2. The van der Waals surface area contributed by atoms with Gasteiger partial charge in [0.15, 0.2) is 5.76 Å². The molecule has 144 valence electrons. The molecule has 0 radical (unpaired) electrons.